The number of halogens is 6. The Morgan fingerprint density at radius 1 is 1.05 bits per heavy atom. The van der Waals surface area contributed by atoms with Crippen LogP contribution in [0.1, 0.15) is 10.4 Å². The molecular formula is C13H5Cl5FNO2. The number of rotatable bonds is 2. The number of pyridine rings is 1. The van der Waals surface area contributed by atoms with Gasteiger partial charge in [-0.1, -0.05) is 58.0 Å². The molecule has 2 aromatic rings. The van der Waals surface area contributed by atoms with Crippen molar-refractivity contribution >= 4 is 64.0 Å². The van der Waals surface area contributed by atoms with Crippen molar-refractivity contribution in [1.29, 1.82) is 0 Å². The van der Waals surface area contributed by atoms with Crippen molar-refractivity contribution in [2.24, 2.45) is 0 Å². The number of hydrogen-bond donors (Lipinski definition) is 0. The lowest BCUT2D eigenvalue weighted by Crippen LogP contribution is -2.06. The molecule has 0 aliphatic carbocycles. The van der Waals surface area contributed by atoms with Gasteiger partial charge in [0.2, 0.25) is 0 Å². The number of esters is 1. The summed E-state index contributed by atoms with van der Waals surface area (Å²) in [5.41, 5.74) is -0.146. The van der Waals surface area contributed by atoms with Crippen LogP contribution in [0.25, 0.3) is 11.3 Å². The lowest BCUT2D eigenvalue weighted by atomic mass is 10.1. The molecule has 0 radical (unpaired) electrons. The van der Waals surface area contributed by atoms with Crippen molar-refractivity contribution in [1.82, 2.24) is 4.98 Å². The van der Waals surface area contributed by atoms with Gasteiger partial charge in [-0.25, -0.2) is 9.18 Å². The first-order chi connectivity index (χ1) is 10.3. The monoisotopic (exact) mass is 401 g/mol. The zero-order chi connectivity index (χ0) is 16.6. The molecule has 1 heterocycles. The van der Waals surface area contributed by atoms with Crippen molar-refractivity contribution in [2.45, 2.75) is 0 Å². The quantitative estimate of drug-likeness (QED) is 0.354. The van der Waals surface area contributed by atoms with E-state index in [0.29, 0.717) is 0 Å². The minimum Gasteiger partial charge on any atom is -0.465 e. The third kappa shape index (κ3) is 2.99. The smallest absolute Gasteiger partial charge is 0.340 e. The zero-order valence-corrected chi connectivity index (χ0v) is 14.5. The number of carbonyl (C=O) groups excluding carboxylic acids is 1. The van der Waals surface area contributed by atoms with E-state index in [-0.39, 0.29) is 41.9 Å². The molecule has 0 fully saturated rings. The molecule has 0 amide bonds. The van der Waals surface area contributed by atoms with Crippen molar-refractivity contribution in [2.75, 3.05) is 7.11 Å². The van der Waals surface area contributed by atoms with E-state index >= 15 is 0 Å². The molecule has 0 spiro atoms. The summed E-state index contributed by atoms with van der Waals surface area (Å²) in [7, 11) is 1.14. The standard InChI is InChI=1S/C13H5Cl5FNO2/c1-22-13(21)5-2-4(19)3-20-12(5)6-7(14)9(16)11(18)10(17)8(6)15/h2-3H,1H3. The minimum atomic E-state index is -0.823. The van der Waals surface area contributed by atoms with Crippen LogP contribution in [0.3, 0.4) is 0 Å². The van der Waals surface area contributed by atoms with Crippen LogP contribution in [0, 0.1) is 5.82 Å². The Bertz CT molecular complexity index is 753. The van der Waals surface area contributed by atoms with E-state index in [1.54, 1.807) is 0 Å². The third-order valence-corrected chi connectivity index (χ3v) is 4.98. The van der Waals surface area contributed by atoms with Gasteiger partial charge in [-0.3, -0.25) is 4.98 Å². The van der Waals surface area contributed by atoms with E-state index in [1.165, 1.54) is 0 Å². The summed E-state index contributed by atoms with van der Waals surface area (Å²) in [6, 6.07) is 0.942. The Hall–Kier alpha value is -0.780. The number of hydrogen-bond acceptors (Lipinski definition) is 3. The summed E-state index contributed by atoms with van der Waals surface area (Å²) >= 11 is 30.1. The van der Waals surface area contributed by atoms with Crippen molar-refractivity contribution in [3.63, 3.8) is 0 Å². The third-order valence-electron chi connectivity index (χ3n) is 2.71. The van der Waals surface area contributed by atoms with Gasteiger partial charge >= 0.3 is 5.97 Å². The molecule has 3 nitrogen and oxygen atoms in total. The lowest BCUT2D eigenvalue weighted by molar-refractivity contribution is 0.0600. The second kappa shape index (κ2) is 6.77. The van der Waals surface area contributed by atoms with Gasteiger partial charge in [0.25, 0.3) is 0 Å². The second-order valence-corrected chi connectivity index (χ2v) is 5.88. The van der Waals surface area contributed by atoms with Gasteiger partial charge in [-0.15, -0.1) is 0 Å². The van der Waals surface area contributed by atoms with E-state index in [1.807, 2.05) is 0 Å². The van der Waals surface area contributed by atoms with E-state index in [0.717, 1.165) is 19.4 Å². The maximum absolute atomic E-state index is 13.4. The number of benzene rings is 1. The zero-order valence-electron chi connectivity index (χ0n) is 10.7. The maximum atomic E-state index is 13.4. The Labute approximate surface area is 149 Å². The summed E-state index contributed by atoms with van der Waals surface area (Å²) in [5.74, 6) is -1.56. The molecule has 22 heavy (non-hydrogen) atoms. The molecule has 0 atom stereocenters. The van der Waals surface area contributed by atoms with Gasteiger partial charge in [0.15, 0.2) is 0 Å². The Morgan fingerprint density at radius 3 is 2.05 bits per heavy atom. The molecule has 0 saturated heterocycles. The first-order valence-corrected chi connectivity index (χ1v) is 7.44. The molecule has 1 aromatic carbocycles. The predicted octanol–water partition coefficient (Wildman–Crippen LogP) is 5.94. The van der Waals surface area contributed by atoms with E-state index in [4.69, 9.17) is 58.0 Å². The Kier molecular flexibility index (Phi) is 5.41. The molecule has 2 rings (SSSR count). The highest BCUT2D eigenvalue weighted by Crippen LogP contribution is 2.48. The first kappa shape index (κ1) is 17.6. The van der Waals surface area contributed by atoms with Crippen LogP contribution in [0.4, 0.5) is 4.39 Å². The molecule has 0 N–H and O–H groups in total. The van der Waals surface area contributed by atoms with Gasteiger partial charge in [0.05, 0.1) is 49.7 Å². The average Bonchev–Trinajstić information content (AvgIpc) is 2.51. The molecule has 9 heteroatoms. The molecule has 0 bridgehead atoms. The van der Waals surface area contributed by atoms with Gasteiger partial charge in [0.1, 0.15) is 5.82 Å². The van der Waals surface area contributed by atoms with Crippen LogP contribution in [-0.2, 0) is 4.74 Å². The fourth-order valence-electron chi connectivity index (χ4n) is 1.72. The van der Waals surface area contributed by atoms with Crippen LogP contribution in [0.5, 0.6) is 0 Å². The van der Waals surface area contributed by atoms with Gasteiger partial charge in [-0.05, 0) is 6.07 Å². The number of methoxy groups -OCH3 is 1. The highest BCUT2D eigenvalue weighted by Gasteiger charge is 2.25. The van der Waals surface area contributed by atoms with Crippen molar-refractivity contribution in [3.8, 4) is 11.3 Å². The molecule has 0 saturated carbocycles. The Balaban J connectivity index is 2.86. The van der Waals surface area contributed by atoms with Crippen LogP contribution >= 0.6 is 58.0 Å². The summed E-state index contributed by atoms with van der Waals surface area (Å²) in [4.78, 5) is 15.7. The highest BCUT2D eigenvalue weighted by molar-refractivity contribution is 6.56. The fraction of sp³-hybridized carbons (Fsp3) is 0.0769. The molecule has 0 aliphatic rings. The van der Waals surface area contributed by atoms with E-state index in [2.05, 4.69) is 9.72 Å². The largest absolute Gasteiger partial charge is 0.465 e. The van der Waals surface area contributed by atoms with Gasteiger partial charge in [0, 0.05) is 5.56 Å². The lowest BCUT2D eigenvalue weighted by Gasteiger charge is -2.14. The van der Waals surface area contributed by atoms with E-state index < -0.39 is 11.8 Å². The Morgan fingerprint density at radius 2 is 1.55 bits per heavy atom. The van der Waals surface area contributed by atoms with Crippen LogP contribution in [-0.4, -0.2) is 18.1 Å². The molecule has 116 valence electrons. The van der Waals surface area contributed by atoms with Crippen molar-refractivity contribution < 1.29 is 13.9 Å². The van der Waals surface area contributed by atoms with Crippen LogP contribution < -0.4 is 0 Å². The van der Waals surface area contributed by atoms with Gasteiger partial charge < -0.3 is 4.74 Å². The molecule has 1 aromatic heterocycles. The van der Waals surface area contributed by atoms with E-state index in [9.17, 15) is 9.18 Å². The number of ether oxygens (including phenoxy) is 1. The fourth-order valence-corrected chi connectivity index (χ4v) is 3.03. The summed E-state index contributed by atoms with van der Waals surface area (Å²) < 4.78 is 18.0. The molecule has 0 aliphatic heterocycles. The predicted molar refractivity (Wildman–Crippen MR) is 86.0 cm³/mol. The maximum Gasteiger partial charge on any atom is 0.340 e. The average molecular weight is 403 g/mol. The van der Waals surface area contributed by atoms with Crippen LogP contribution in [0.2, 0.25) is 25.1 Å². The SMILES string of the molecule is COC(=O)c1cc(F)cnc1-c1c(Cl)c(Cl)c(Cl)c(Cl)c1Cl. The summed E-state index contributed by atoms with van der Waals surface area (Å²) in [5, 5.41) is -0.288. The second-order valence-electron chi connectivity index (χ2n) is 3.99. The molecule has 0 unspecified atom stereocenters. The number of aromatic nitrogens is 1. The summed E-state index contributed by atoms with van der Waals surface area (Å²) in [6.45, 7) is 0. The summed E-state index contributed by atoms with van der Waals surface area (Å²) in [6.07, 6.45) is 0.894. The first-order valence-electron chi connectivity index (χ1n) is 5.55. The molecular weight excluding hydrogens is 398 g/mol. The normalized spacial score (nSPS) is 10.7. The van der Waals surface area contributed by atoms with Crippen molar-refractivity contribution in [3.05, 3.63) is 48.8 Å². The van der Waals surface area contributed by atoms with Crippen LogP contribution in [0.15, 0.2) is 12.3 Å². The minimum absolute atomic E-state index is 0.0243. The number of carbonyl (C=O) groups is 1. The topological polar surface area (TPSA) is 39.2 Å². The highest BCUT2D eigenvalue weighted by atomic mass is 35.5. The van der Waals surface area contributed by atoms with Gasteiger partial charge in [-0.2, -0.15) is 0 Å². The number of nitrogens with zero attached hydrogens (tertiary/aromatic N) is 1.